The van der Waals surface area contributed by atoms with Crippen molar-refractivity contribution in [1.82, 2.24) is 5.32 Å². The molecule has 0 saturated heterocycles. The van der Waals surface area contributed by atoms with Crippen molar-refractivity contribution in [3.8, 4) is 0 Å². The highest BCUT2D eigenvalue weighted by atomic mass is 16.6. The maximum atomic E-state index is 12.5. The van der Waals surface area contributed by atoms with E-state index in [0.717, 1.165) is 0 Å². The molecule has 0 heterocycles. The summed E-state index contributed by atoms with van der Waals surface area (Å²) in [5, 5.41) is 16.5. The quantitative estimate of drug-likeness (QED) is 0.391. The smallest absolute Gasteiger partial charge is 0.273 e. The van der Waals surface area contributed by atoms with Crippen molar-refractivity contribution in [2.45, 2.75) is 20.3 Å². The summed E-state index contributed by atoms with van der Waals surface area (Å²) in [6.45, 7) is 5.14. The maximum absolute atomic E-state index is 12.5. The van der Waals surface area contributed by atoms with Crippen molar-refractivity contribution in [3.63, 3.8) is 0 Å². The Bertz CT molecular complexity index is 867. The van der Waals surface area contributed by atoms with E-state index >= 15 is 0 Å². The number of para-hydroxylation sites is 1. The molecule has 0 unspecified atom stereocenters. The maximum Gasteiger partial charge on any atom is 0.273 e. The highest BCUT2D eigenvalue weighted by molar-refractivity contribution is 6.09. The molecule has 8 nitrogen and oxygen atoms in total. The molecule has 0 atom stereocenters. The van der Waals surface area contributed by atoms with Crippen LogP contribution >= 0.6 is 0 Å². The number of carbonyl (C=O) groups is 2. The average molecular weight is 385 g/mol. The second kappa shape index (κ2) is 10.2. The molecule has 2 rings (SSSR count). The van der Waals surface area contributed by atoms with Crippen LogP contribution in [0.3, 0.4) is 0 Å². The Morgan fingerprint density at radius 3 is 2.61 bits per heavy atom. The third-order valence-corrected chi connectivity index (χ3v) is 4.04. The van der Waals surface area contributed by atoms with Gasteiger partial charge in [0.1, 0.15) is 0 Å². The molecule has 0 aliphatic rings. The third-order valence-electron chi connectivity index (χ3n) is 4.04. The molecule has 8 heteroatoms. The SMILES string of the molecule is CCOCCCNC(=O)c1ccccc1NC(=O)c1ccc(C)c([N+](=O)[O-])c1. The number of nitro benzene ring substituents is 1. The van der Waals surface area contributed by atoms with E-state index in [1.54, 1.807) is 31.2 Å². The number of hydrogen-bond acceptors (Lipinski definition) is 5. The van der Waals surface area contributed by atoms with Gasteiger partial charge in [-0.15, -0.1) is 0 Å². The summed E-state index contributed by atoms with van der Waals surface area (Å²) in [7, 11) is 0. The molecule has 0 saturated carbocycles. The number of hydrogen-bond donors (Lipinski definition) is 2. The Balaban J connectivity index is 2.10. The average Bonchev–Trinajstić information content (AvgIpc) is 2.68. The van der Waals surface area contributed by atoms with E-state index in [4.69, 9.17) is 4.74 Å². The Labute approximate surface area is 163 Å². The van der Waals surface area contributed by atoms with Crippen molar-refractivity contribution in [2.24, 2.45) is 0 Å². The molecule has 0 bridgehead atoms. The number of anilines is 1. The molecule has 2 amide bonds. The highest BCUT2D eigenvalue weighted by Gasteiger charge is 2.17. The van der Waals surface area contributed by atoms with Gasteiger partial charge in [-0.05, 0) is 38.5 Å². The number of ether oxygens (including phenoxy) is 1. The van der Waals surface area contributed by atoms with Gasteiger partial charge in [-0.2, -0.15) is 0 Å². The van der Waals surface area contributed by atoms with Crippen LogP contribution in [0, 0.1) is 17.0 Å². The normalized spacial score (nSPS) is 10.4. The van der Waals surface area contributed by atoms with Crippen molar-refractivity contribution in [1.29, 1.82) is 0 Å². The predicted molar refractivity (Wildman–Crippen MR) is 106 cm³/mol. The molecule has 2 aromatic carbocycles. The lowest BCUT2D eigenvalue weighted by molar-refractivity contribution is -0.385. The summed E-state index contributed by atoms with van der Waals surface area (Å²) in [6, 6.07) is 10.8. The summed E-state index contributed by atoms with van der Waals surface area (Å²) in [6.07, 6.45) is 0.682. The second-order valence-electron chi connectivity index (χ2n) is 6.06. The Kier molecular flexibility index (Phi) is 7.65. The van der Waals surface area contributed by atoms with Crippen LogP contribution in [0.15, 0.2) is 42.5 Å². The van der Waals surface area contributed by atoms with Crippen LogP contribution in [0.2, 0.25) is 0 Å². The van der Waals surface area contributed by atoms with Gasteiger partial charge in [-0.3, -0.25) is 19.7 Å². The zero-order valence-corrected chi connectivity index (χ0v) is 15.9. The third kappa shape index (κ3) is 5.62. The van der Waals surface area contributed by atoms with Gasteiger partial charge in [-0.1, -0.05) is 18.2 Å². The van der Waals surface area contributed by atoms with Crippen LogP contribution in [-0.4, -0.2) is 36.5 Å². The van der Waals surface area contributed by atoms with Crippen LogP contribution in [0.5, 0.6) is 0 Å². The van der Waals surface area contributed by atoms with Crippen LogP contribution in [-0.2, 0) is 4.74 Å². The number of aryl methyl sites for hydroxylation is 1. The minimum absolute atomic E-state index is 0.132. The van der Waals surface area contributed by atoms with E-state index in [1.807, 2.05) is 6.92 Å². The van der Waals surface area contributed by atoms with E-state index in [-0.39, 0.29) is 17.2 Å². The number of nitro groups is 1. The lowest BCUT2D eigenvalue weighted by Crippen LogP contribution is -2.26. The van der Waals surface area contributed by atoms with E-state index in [0.29, 0.717) is 43.0 Å². The standard InChI is InChI=1S/C20H23N3O5/c1-3-28-12-6-11-21-20(25)16-7-4-5-8-17(16)22-19(24)15-10-9-14(2)18(13-15)23(26)27/h4-5,7-10,13H,3,6,11-12H2,1-2H3,(H,21,25)(H,22,24). The number of benzene rings is 2. The first-order chi connectivity index (χ1) is 13.4. The second-order valence-corrected chi connectivity index (χ2v) is 6.06. The van der Waals surface area contributed by atoms with Gasteiger partial charge in [0.15, 0.2) is 0 Å². The molecule has 0 aromatic heterocycles. The first-order valence-electron chi connectivity index (χ1n) is 8.95. The van der Waals surface area contributed by atoms with Gasteiger partial charge < -0.3 is 15.4 Å². The van der Waals surface area contributed by atoms with Crippen molar-refractivity contribution in [3.05, 3.63) is 69.3 Å². The van der Waals surface area contributed by atoms with Crippen molar-refractivity contribution < 1.29 is 19.2 Å². The predicted octanol–water partition coefficient (Wildman–Crippen LogP) is 3.31. The molecule has 0 spiro atoms. The molecule has 28 heavy (non-hydrogen) atoms. The molecule has 0 fully saturated rings. The van der Waals surface area contributed by atoms with Gasteiger partial charge in [0.05, 0.1) is 16.2 Å². The molecule has 0 aliphatic carbocycles. The van der Waals surface area contributed by atoms with E-state index in [2.05, 4.69) is 10.6 Å². The Hall–Kier alpha value is -3.26. The fraction of sp³-hybridized carbons (Fsp3) is 0.300. The fourth-order valence-corrected chi connectivity index (χ4v) is 2.55. The number of amides is 2. The van der Waals surface area contributed by atoms with Crippen LogP contribution in [0.4, 0.5) is 11.4 Å². The van der Waals surface area contributed by atoms with Crippen molar-refractivity contribution in [2.75, 3.05) is 25.1 Å². The number of nitrogens with one attached hydrogen (secondary N) is 2. The number of nitrogens with zero attached hydrogens (tertiary/aromatic N) is 1. The molecule has 0 aliphatic heterocycles. The largest absolute Gasteiger partial charge is 0.382 e. The fourth-order valence-electron chi connectivity index (χ4n) is 2.55. The highest BCUT2D eigenvalue weighted by Crippen LogP contribution is 2.21. The van der Waals surface area contributed by atoms with Crippen LogP contribution in [0.1, 0.15) is 39.6 Å². The van der Waals surface area contributed by atoms with Crippen LogP contribution < -0.4 is 10.6 Å². The molecule has 0 radical (unpaired) electrons. The van der Waals surface area contributed by atoms with E-state index < -0.39 is 10.8 Å². The molecule has 2 N–H and O–H groups in total. The minimum Gasteiger partial charge on any atom is -0.382 e. The summed E-state index contributed by atoms with van der Waals surface area (Å²) in [5.41, 5.74) is 1.12. The van der Waals surface area contributed by atoms with Gasteiger partial charge >= 0.3 is 0 Å². The molecule has 2 aromatic rings. The van der Waals surface area contributed by atoms with Gasteiger partial charge in [0.2, 0.25) is 0 Å². The monoisotopic (exact) mass is 385 g/mol. The van der Waals surface area contributed by atoms with Gasteiger partial charge in [-0.25, -0.2) is 0 Å². The lowest BCUT2D eigenvalue weighted by Gasteiger charge is -2.12. The zero-order valence-electron chi connectivity index (χ0n) is 15.9. The number of carbonyl (C=O) groups excluding carboxylic acids is 2. The first-order valence-corrected chi connectivity index (χ1v) is 8.95. The van der Waals surface area contributed by atoms with Gasteiger partial charge in [0.25, 0.3) is 17.5 Å². The summed E-state index contributed by atoms with van der Waals surface area (Å²) in [4.78, 5) is 35.5. The van der Waals surface area contributed by atoms with Crippen molar-refractivity contribution >= 4 is 23.2 Å². The first kappa shape index (κ1) is 21.0. The molecule has 148 valence electrons. The minimum atomic E-state index is -0.532. The van der Waals surface area contributed by atoms with E-state index in [1.165, 1.54) is 18.2 Å². The summed E-state index contributed by atoms with van der Waals surface area (Å²) < 4.78 is 5.22. The number of rotatable bonds is 9. The summed E-state index contributed by atoms with van der Waals surface area (Å²) in [5.74, 6) is -0.845. The Morgan fingerprint density at radius 1 is 1.14 bits per heavy atom. The Morgan fingerprint density at radius 2 is 1.89 bits per heavy atom. The van der Waals surface area contributed by atoms with Crippen LogP contribution in [0.25, 0.3) is 0 Å². The topological polar surface area (TPSA) is 111 Å². The summed E-state index contributed by atoms with van der Waals surface area (Å²) >= 11 is 0. The zero-order chi connectivity index (χ0) is 20.5. The lowest BCUT2D eigenvalue weighted by atomic mass is 10.1. The van der Waals surface area contributed by atoms with E-state index in [9.17, 15) is 19.7 Å². The molecular formula is C20H23N3O5. The van der Waals surface area contributed by atoms with Gasteiger partial charge in [0, 0.05) is 37.0 Å². The molecular weight excluding hydrogens is 362 g/mol.